The number of esters is 1. The van der Waals surface area contributed by atoms with E-state index in [1.807, 2.05) is 19.9 Å². The molecule has 2 aromatic rings. The lowest BCUT2D eigenvalue weighted by molar-refractivity contribution is -0.136. The van der Waals surface area contributed by atoms with E-state index >= 15 is 0 Å². The third-order valence-electron chi connectivity index (χ3n) is 3.15. The summed E-state index contributed by atoms with van der Waals surface area (Å²) >= 11 is 0. The van der Waals surface area contributed by atoms with Gasteiger partial charge in [-0.2, -0.15) is 0 Å². The molecule has 0 aliphatic carbocycles. The number of hydrogen-bond donors (Lipinski definition) is 0. The van der Waals surface area contributed by atoms with E-state index in [1.165, 1.54) is 30.7 Å². The van der Waals surface area contributed by atoms with Gasteiger partial charge < -0.3 is 4.74 Å². The van der Waals surface area contributed by atoms with Gasteiger partial charge >= 0.3 is 5.97 Å². The van der Waals surface area contributed by atoms with Crippen LogP contribution in [0.5, 0.6) is 0 Å². The molecule has 2 rings (SSSR count). The summed E-state index contributed by atoms with van der Waals surface area (Å²) < 4.78 is 4.93. The van der Waals surface area contributed by atoms with Crippen molar-refractivity contribution < 1.29 is 14.3 Å². The van der Waals surface area contributed by atoms with Crippen molar-refractivity contribution in [3.05, 3.63) is 65.2 Å². The highest BCUT2D eigenvalue weighted by molar-refractivity contribution is 5.99. The molecule has 0 atom stereocenters. The fourth-order valence-electron chi connectivity index (χ4n) is 1.73. The van der Waals surface area contributed by atoms with Crippen LogP contribution in [-0.4, -0.2) is 28.3 Å². The number of ether oxygens (including phenoxy) is 1. The molecule has 0 bridgehead atoms. The SMILES string of the molecule is Cc1ccc(C(=O)COC(=O)C=Cc2cnccn2)cc1C. The van der Waals surface area contributed by atoms with Gasteiger partial charge in [0.15, 0.2) is 12.4 Å². The van der Waals surface area contributed by atoms with Gasteiger partial charge in [-0.1, -0.05) is 12.1 Å². The van der Waals surface area contributed by atoms with E-state index in [1.54, 1.807) is 12.1 Å². The van der Waals surface area contributed by atoms with E-state index in [4.69, 9.17) is 4.74 Å². The first-order valence-corrected chi connectivity index (χ1v) is 6.77. The first-order chi connectivity index (χ1) is 10.6. The highest BCUT2D eigenvalue weighted by atomic mass is 16.5. The molecular weight excluding hydrogens is 280 g/mol. The van der Waals surface area contributed by atoms with Crippen LogP contribution in [0.1, 0.15) is 27.2 Å². The largest absolute Gasteiger partial charge is 0.454 e. The van der Waals surface area contributed by atoms with Gasteiger partial charge in [-0.15, -0.1) is 0 Å². The zero-order valence-electron chi connectivity index (χ0n) is 12.4. The van der Waals surface area contributed by atoms with Gasteiger partial charge in [-0.25, -0.2) is 4.79 Å². The Morgan fingerprint density at radius 2 is 2.00 bits per heavy atom. The van der Waals surface area contributed by atoms with E-state index in [9.17, 15) is 9.59 Å². The summed E-state index contributed by atoms with van der Waals surface area (Å²) in [5.41, 5.74) is 3.22. The van der Waals surface area contributed by atoms with Gasteiger partial charge in [0.25, 0.3) is 0 Å². The second kappa shape index (κ2) is 7.26. The monoisotopic (exact) mass is 296 g/mol. The van der Waals surface area contributed by atoms with Crippen molar-refractivity contribution in [3.63, 3.8) is 0 Å². The predicted molar refractivity (Wildman–Crippen MR) is 82.3 cm³/mol. The Hall–Kier alpha value is -2.82. The van der Waals surface area contributed by atoms with Crippen molar-refractivity contribution in [1.29, 1.82) is 0 Å². The lowest BCUT2D eigenvalue weighted by Gasteiger charge is -2.05. The van der Waals surface area contributed by atoms with Crippen LogP contribution in [0.15, 0.2) is 42.9 Å². The molecule has 1 aromatic carbocycles. The molecule has 0 N–H and O–H groups in total. The van der Waals surface area contributed by atoms with Crippen molar-refractivity contribution in [2.45, 2.75) is 13.8 Å². The van der Waals surface area contributed by atoms with Crippen LogP contribution in [0.2, 0.25) is 0 Å². The Kier molecular flexibility index (Phi) is 5.14. The Bertz CT molecular complexity index is 709. The quantitative estimate of drug-likeness (QED) is 0.482. The first-order valence-electron chi connectivity index (χ1n) is 6.77. The van der Waals surface area contributed by atoms with Crippen molar-refractivity contribution in [2.75, 3.05) is 6.61 Å². The van der Waals surface area contributed by atoms with Gasteiger partial charge in [0.05, 0.1) is 11.9 Å². The molecule has 0 fully saturated rings. The molecule has 112 valence electrons. The van der Waals surface area contributed by atoms with Crippen molar-refractivity contribution >= 4 is 17.8 Å². The molecule has 1 heterocycles. The molecule has 5 nitrogen and oxygen atoms in total. The maximum atomic E-state index is 12.0. The minimum atomic E-state index is -0.595. The summed E-state index contributed by atoms with van der Waals surface area (Å²) in [4.78, 5) is 31.4. The van der Waals surface area contributed by atoms with Gasteiger partial charge in [0, 0.05) is 24.0 Å². The van der Waals surface area contributed by atoms with Crippen LogP contribution < -0.4 is 0 Å². The van der Waals surface area contributed by atoms with Crippen LogP contribution in [-0.2, 0) is 9.53 Å². The lowest BCUT2D eigenvalue weighted by Crippen LogP contribution is -2.12. The zero-order valence-corrected chi connectivity index (χ0v) is 12.4. The summed E-state index contributed by atoms with van der Waals surface area (Å²) in [5.74, 6) is -0.827. The highest BCUT2D eigenvalue weighted by Gasteiger charge is 2.09. The lowest BCUT2D eigenvalue weighted by atomic mass is 10.0. The van der Waals surface area contributed by atoms with Gasteiger partial charge in [0.2, 0.25) is 0 Å². The molecule has 0 aliphatic heterocycles. The predicted octanol–water partition coefficient (Wildman–Crippen LogP) is 2.53. The summed E-state index contributed by atoms with van der Waals surface area (Å²) in [7, 11) is 0. The molecule has 0 spiro atoms. The number of Topliss-reactive ketones (excluding diaryl/α,β-unsaturated/α-hetero) is 1. The van der Waals surface area contributed by atoms with Crippen molar-refractivity contribution in [2.24, 2.45) is 0 Å². The molecule has 5 heteroatoms. The molecule has 0 amide bonds. The van der Waals surface area contributed by atoms with E-state index in [0.29, 0.717) is 11.3 Å². The third-order valence-corrected chi connectivity index (χ3v) is 3.15. The molecular formula is C17H16N2O3. The fourth-order valence-corrected chi connectivity index (χ4v) is 1.73. The Labute approximate surface area is 128 Å². The second-order valence-electron chi connectivity index (χ2n) is 4.79. The minimum Gasteiger partial charge on any atom is -0.454 e. The number of nitrogens with zero attached hydrogens (tertiary/aromatic N) is 2. The number of hydrogen-bond acceptors (Lipinski definition) is 5. The molecule has 0 radical (unpaired) electrons. The third kappa shape index (κ3) is 4.34. The molecule has 0 aliphatic rings. The second-order valence-corrected chi connectivity index (χ2v) is 4.79. The highest BCUT2D eigenvalue weighted by Crippen LogP contribution is 2.10. The van der Waals surface area contributed by atoms with Crippen LogP contribution in [0.3, 0.4) is 0 Å². The maximum Gasteiger partial charge on any atom is 0.331 e. The van der Waals surface area contributed by atoms with E-state index < -0.39 is 5.97 Å². The van der Waals surface area contributed by atoms with Crippen LogP contribution in [0.25, 0.3) is 6.08 Å². The molecule has 1 aromatic heterocycles. The van der Waals surface area contributed by atoms with Crippen molar-refractivity contribution in [3.8, 4) is 0 Å². The fraction of sp³-hybridized carbons (Fsp3) is 0.176. The summed E-state index contributed by atoms with van der Waals surface area (Å²) in [5, 5.41) is 0. The Morgan fingerprint density at radius 1 is 1.18 bits per heavy atom. The number of aryl methyl sites for hydroxylation is 2. The topological polar surface area (TPSA) is 69.2 Å². The van der Waals surface area contributed by atoms with E-state index in [-0.39, 0.29) is 12.4 Å². The summed E-state index contributed by atoms with van der Waals surface area (Å²) in [6.45, 7) is 3.62. The standard InChI is InChI=1S/C17H16N2O3/c1-12-3-4-14(9-13(12)2)16(20)11-22-17(21)6-5-15-10-18-7-8-19-15/h3-10H,11H2,1-2H3. The number of aromatic nitrogens is 2. The average molecular weight is 296 g/mol. The Balaban J connectivity index is 1.89. The molecule has 22 heavy (non-hydrogen) atoms. The smallest absolute Gasteiger partial charge is 0.331 e. The molecule has 0 unspecified atom stereocenters. The Morgan fingerprint density at radius 3 is 2.68 bits per heavy atom. The van der Waals surface area contributed by atoms with Gasteiger partial charge in [-0.05, 0) is 37.1 Å². The molecule has 0 saturated carbocycles. The minimum absolute atomic E-state index is 0.232. The van der Waals surface area contributed by atoms with Gasteiger partial charge in [0.1, 0.15) is 0 Å². The number of benzene rings is 1. The first kappa shape index (κ1) is 15.6. The number of carbonyl (C=O) groups is 2. The summed E-state index contributed by atoms with van der Waals surface area (Å²) in [6.07, 6.45) is 7.28. The number of rotatable bonds is 5. The van der Waals surface area contributed by atoms with E-state index in [2.05, 4.69) is 9.97 Å². The van der Waals surface area contributed by atoms with Crippen LogP contribution >= 0.6 is 0 Å². The van der Waals surface area contributed by atoms with Crippen LogP contribution in [0, 0.1) is 13.8 Å². The van der Waals surface area contributed by atoms with Gasteiger partial charge in [-0.3, -0.25) is 14.8 Å². The maximum absolute atomic E-state index is 12.0. The van der Waals surface area contributed by atoms with Crippen molar-refractivity contribution in [1.82, 2.24) is 9.97 Å². The normalized spacial score (nSPS) is 10.6. The van der Waals surface area contributed by atoms with Crippen LogP contribution in [0.4, 0.5) is 0 Å². The molecule has 0 saturated heterocycles. The zero-order chi connectivity index (χ0) is 15.9. The average Bonchev–Trinajstić information content (AvgIpc) is 2.54. The number of ketones is 1. The summed E-state index contributed by atoms with van der Waals surface area (Å²) in [6, 6.07) is 5.40. The van der Waals surface area contributed by atoms with E-state index in [0.717, 1.165) is 11.1 Å². The number of carbonyl (C=O) groups excluding carboxylic acids is 2.